The Kier molecular flexibility index (Phi) is 6.59. The molecule has 4 aromatic rings. The lowest BCUT2D eigenvalue weighted by Gasteiger charge is -2.44. The number of rotatable bonds is 6. The number of anilines is 2. The van der Waals surface area contributed by atoms with Crippen LogP contribution >= 0.6 is 0 Å². The minimum Gasteiger partial charge on any atom is -0.331 e. The van der Waals surface area contributed by atoms with Gasteiger partial charge in [-0.05, 0) is 44.5 Å². The summed E-state index contributed by atoms with van der Waals surface area (Å²) in [6, 6.07) is 7.70. The third-order valence-corrected chi connectivity index (χ3v) is 6.92. The molecule has 0 saturated carbocycles. The normalized spacial score (nSPS) is 14.8. The quantitative estimate of drug-likeness (QED) is 0.339. The molecule has 0 atom stereocenters. The summed E-state index contributed by atoms with van der Waals surface area (Å²) in [5.74, 6) is 0.130. The van der Waals surface area contributed by atoms with Crippen molar-refractivity contribution in [3.63, 3.8) is 0 Å². The Morgan fingerprint density at radius 3 is 2.40 bits per heavy atom. The van der Waals surface area contributed by atoms with Gasteiger partial charge in [-0.25, -0.2) is 23.4 Å². The SMILES string of the molecule is CCc1c(Nc2cc(-n3nc(C)c(C(=O)N4CC(F)(C(F)(F)F)C4)c3C)ncn2)nn(C)c1-c1ccc(F)cc1. The van der Waals surface area contributed by atoms with Crippen LogP contribution in [0, 0.1) is 19.7 Å². The van der Waals surface area contributed by atoms with Crippen molar-refractivity contribution in [3.05, 3.63) is 65.0 Å². The second kappa shape index (κ2) is 9.68. The van der Waals surface area contributed by atoms with E-state index in [4.69, 9.17) is 0 Å². The molecule has 9 nitrogen and oxygen atoms in total. The standard InChI is InChI=1S/C26H25F5N8O/c1-5-18-22(16-6-8-17(27)9-7-16)37(4)36-23(18)34-19-10-20(33-13-32-19)39-15(3)21(14(2)35-39)24(40)38-11-25(28,12-38)26(29,30)31/h6-10,13H,5,11-12H2,1-4H3,(H,32,33,34,36). The molecule has 210 valence electrons. The van der Waals surface area contributed by atoms with E-state index in [1.807, 2.05) is 6.92 Å². The number of hydrogen-bond donors (Lipinski definition) is 1. The first-order chi connectivity index (χ1) is 18.8. The van der Waals surface area contributed by atoms with Crippen LogP contribution < -0.4 is 5.32 Å². The number of aromatic nitrogens is 6. The number of nitrogens with one attached hydrogen (secondary N) is 1. The van der Waals surface area contributed by atoms with Gasteiger partial charge in [-0.15, -0.1) is 0 Å². The summed E-state index contributed by atoms with van der Waals surface area (Å²) in [6.45, 7) is 2.96. The Bertz CT molecular complexity index is 1590. The molecule has 14 heteroatoms. The summed E-state index contributed by atoms with van der Waals surface area (Å²) < 4.78 is 69.3. The molecular formula is C26H25F5N8O. The van der Waals surface area contributed by atoms with E-state index in [0.717, 1.165) is 21.7 Å². The number of halogens is 5. The van der Waals surface area contributed by atoms with E-state index in [1.54, 1.807) is 43.8 Å². The molecule has 3 aromatic heterocycles. The van der Waals surface area contributed by atoms with Gasteiger partial charge in [0.1, 0.15) is 18.0 Å². The summed E-state index contributed by atoms with van der Waals surface area (Å²) in [5, 5.41) is 12.1. The number of carbonyl (C=O) groups excluding carboxylic acids is 1. The van der Waals surface area contributed by atoms with Crippen LogP contribution in [0.4, 0.5) is 33.6 Å². The first kappa shape index (κ1) is 27.2. The van der Waals surface area contributed by atoms with Crippen molar-refractivity contribution < 1.29 is 26.7 Å². The molecule has 40 heavy (non-hydrogen) atoms. The third-order valence-electron chi connectivity index (χ3n) is 6.92. The number of likely N-dealkylation sites (tertiary alicyclic amines) is 1. The van der Waals surface area contributed by atoms with Crippen molar-refractivity contribution in [2.24, 2.45) is 7.05 Å². The van der Waals surface area contributed by atoms with Gasteiger partial charge < -0.3 is 10.2 Å². The Morgan fingerprint density at radius 1 is 1.10 bits per heavy atom. The summed E-state index contributed by atoms with van der Waals surface area (Å²) in [4.78, 5) is 22.2. The van der Waals surface area contributed by atoms with Crippen LogP contribution in [0.2, 0.25) is 0 Å². The third kappa shape index (κ3) is 4.56. The van der Waals surface area contributed by atoms with E-state index in [-0.39, 0.29) is 17.1 Å². The second-order valence-electron chi connectivity index (χ2n) is 9.63. The van der Waals surface area contributed by atoms with Gasteiger partial charge in [0, 0.05) is 24.2 Å². The van der Waals surface area contributed by atoms with Crippen molar-refractivity contribution in [2.45, 2.75) is 39.0 Å². The molecule has 1 saturated heterocycles. The highest BCUT2D eigenvalue weighted by Crippen LogP contribution is 2.42. The van der Waals surface area contributed by atoms with Crippen molar-refractivity contribution in [2.75, 3.05) is 18.4 Å². The maximum absolute atomic E-state index is 14.0. The fourth-order valence-electron chi connectivity index (χ4n) is 4.84. The van der Waals surface area contributed by atoms with E-state index in [1.165, 1.54) is 23.1 Å². The first-order valence-electron chi connectivity index (χ1n) is 12.4. The number of hydrogen-bond acceptors (Lipinski definition) is 6. The van der Waals surface area contributed by atoms with Gasteiger partial charge in [0.05, 0.1) is 35.7 Å². The zero-order valence-corrected chi connectivity index (χ0v) is 22.0. The van der Waals surface area contributed by atoms with Gasteiger partial charge in [0.15, 0.2) is 11.6 Å². The average molecular weight is 561 g/mol. The largest absolute Gasteiger partial charge is 0.426 e. The number of benzene rings is 1. The summed E-state index contributed by atoms with van der Waals surface area (Å²) in [5.41, 5.74) is -0.235. The Hall–Kier alpha value is -4.36. The van der Waals surface area contributed by atoms with Crippen LogP contribution in [0.3, 0.4) is 0 Å². The highest BCUT2D eigenvalue weighted by atomic mass is 19.4. The molecule has 0 spiro atoms. The lowest BCUT2D eigenvalue weighted by Crippen LogP contribution is -2.67. The summed E-state index contributed by atoms with van der Waals surface area (Å²) in [7, 11) is 1.78. The van der Waals surface area contributed by atoms with Crippen LogP contribution in [-0.2, 0) is 13.5 Å². The fourth-order valence-corrected chi connectivity index (χ4v) is 4.84. The topological polar surface area (TPSA) is 93.8 Å². The molecule has 5 rings (SSSR count). The molecule has 1 amide bonds. The monoisotopic (exact) mass is 560 g/mol. The lowest BCUT2D eigenvalue weighted by molar-refractivity contribution is -0.263. The predicted octanol–water partition coefficient (Wildman–Crippen LogP) is 4.85. The van der Waals surface area contributed by atoms with Gasteiger partial charge in [0.2, 0.25) is 5.67 Å². The van der Waals surface area contributed by atoms with Crippen LogP contribution in [-0.4, -0.2) is 65.3 Å². The lowest BCUT2D eigenvalue weighted by atomic mass is 9.94. The van der Waals surface area contributed by atoms with Gasteiger partial charge in [0.25, 0.3) is 5.91 Å². The van der Waals surface area contributed by atoms with E-state index in [0.29, 0.717) is 29.6 Å². The maximum atomic E-state index is 14.0. The summed E-state index contributed by atoms with van der Waals surface area (Å²) >= 11 is 0. The van der Waals surface area contributed by atoms with Crippen molar-refractivity contribution in [1.29, 1.82) is 0 Å². The minimum absolute atomic E-state index is 0.0827. The van der Waals surface area contributed by atoms with Crippen molar-refractivity contribution >= 4 is 17.5 Å². The number of nitrogens with zero attached hydrogens (tertiary/aromatic N) is 7. The minimum atomic E-state index is -5.05. The van der Waals surface area contributed by atoms with Gasteiger partial charge in [-0.2, -0.15) is 23.4 Å². The Morgan fingerprint density at radius 2 is 1.77 bits per heavy atom. The Balaban J connectivity index is 1.41. The maximum Gasteiger partial charge on any atom is 0.426 e. The van der Waals surface area contributed by atoms with E-state index < -0.39 is 30.8 Å². The van der Waals surface area contributed by atoms with Gasteiger partial charge in [-0.1, -0.05) is 6.92 Å². The van der Waals surface area contributed by atoms with Crippen molar-refractivity contribution in [1.82, 2.24) is 34.4 Å². The van der Waals surface area contributed by atoms with E-state index >= 15 is 0 Å². The molecule has 1 fully saturated rings. The highest BCUT2D eigenvalue weighted by molar-refractivity contribution is 5.97. The second-order valence-corrected chi connectivity index (χ2v) is 9.63. The molecule has 0 unspecified atom stereocenters. The van der Waals surface area contributed by atoms with Crippen LogP contribution in [0.25, 0.3) is 17.1 Å². The molecule has 0 aliphatic carbocycles. The van der Waals surface area contributed by atoms with Gasteiger partial charge >= 0.3 is 6.18 Å². The number of alkyl halides is 4. The molecule has 1 aliphatic rings. The molecule has 1 aromatic carbocycles. The zero-order chi connectivity index (χ0) is 29.0. The number of aryl methyl sites for hydroxylation is 2. The molecular weight excluding hydrogens is 535 g/mol. The number of amides is 1. The molecule has 1 N–H and O–H groups in total. The smallest absolute Gasteiger partial charge is 0.331 e. The van der Waals surface area contributed by atoms with Crippen LogP contribution in [0.1, 0.15) is 34.2 Å². The molecule has 0 bridgehead atoms. The highest BCUT2D eigenvalue weighted by Gasteiger charge is 2.64. The molecule has 1 aliphatic heterocycles. The van der Waals surface area contributed by atoms with Gasteiger partial charge in [-0.3, -0.25) is 9.48 Å². The van der Waals surface area contributed by atoms with Crippen molar-refractivity contribution in [3.8, 4) is 17.1 Å². The first-order valence-corrected chi connectivity index (χ1v) is 12.4. The predicted molar refractivity (Wildman–Crippen MR) is 136 cm³/mol. The molecule has 4 heterocycles. The average Bonchev–Trinajstić information content (AvgIpc) is 3.35. The fraction of sp³-hybridized carbons (Fsp3) is 0.346. The van der Waals surface area contributed by atoms with E-state index in [2.05, 4.69) is 25.5 Å². The van der Waals surface area contributed by atoms with E-state index in [9.17, 15) is 26.7 Å². The molecule has 0 radical (unpaired) electrons. The zero-order valence-electron chi connectivity index (χ0n) is 22.0. The van der Waals surface area contributed by atoms with Crippen LogP contribution in [0.15, 0.2) is 36.7 Å². The number of carbonyl (C=O) groups is 1. The van der Waals surface area contributed by atoms with Crippen LogP contribution in [0.5, 0.6) is 0 Å². The Labute approximate surface area is 225 Å². The summed E-state index contributed by atoms with van der Waals surface area (Å²) in [6.07, 6.45) is -3.14.